The summed E-state index contributed by atoms with van der Waals surface area (Å²) in [5.74, 6) is 0. The molecule has 15 heavy (non-hydrogen) atoms. The molecule has 1 aromatic heterocycles. The molecule has 0 saturated carbocycles. The van der Waals surface area contributed by atoms with Crippen molar-refractivity contribution in [2.75, 3.05) is 0 Å². The van der Waals surface area contributed by atoms with E-state index in [-0.39, 0.29) is 0 Å². The number of hydrogen-bond donors (Lipinski definition) is 0. The molecule has 0 aliphatic rings. The van der Waals surface area contributed by atoms with Gasteiger partial charge in [-0.05, 0) is 36.2 Å². The summed E-state index contributed by atoms with van der Waals surface area (Å²) in [7, 11) is 0. The first kappa shape index (κ1) is 9.42. The standard InChI is InChI=1S/C13H10N2/c1-10-5-11(8-14)7-13(6-10)12-3-2-4-15-9-12/h2-7,9H,1H3. The third-order valence-corrected chi connectivity index (χ3v) is 2.20. The van der Waals surface area contributed by atoms with Crippen molar-refractivity contribution in [1.29, 1.82) is 5.26 Å². The summed E-state index contributed by atoms with van der Waals surface area (Å²) in [6, 6.07) is 11.8. The molecule has 1 heterocycles. The van der Waals surface area contributed by atoms with Crippen molar-refractivity contribution in [3.63, 3.8) is 0 Å². The minimum absolute atomic E-state index is 0.689. The Balaban J connectivity index is 2.55. The van der Waals surface area contributed by atoms with Gasteiger partial charge in [-0.25, -0.2) is 0 Å². The fourth-order valence-electron chi connectivity index (χ4n) is 1.55. The van der Waals surface area contributed by atoms with E-state index >= 15 is 0 Å². The maximum Gasteiger partial charge on any atom is 0.0991 e. The van der Waals surface area contributed by atoms with Crippen LogP contribution in [-0.2, 0) is 0 Å². The van der Waals surface area contributed by atoms with E-state index in [0.717, 1.165) is 16.7 Å². The van der Waals surface area contributed by atoms with Crippen molar-refractivity contribution in [2.45, 2.75) is 6.92 Å². The van der Waals surface area contributed by atoms with Gasteiger partial charge in [0.15, 0.2) is 0 Å². The molecular weight excluding hydrogens is 184 g/mol. The van der Waals surface area contributed by atoms with Gasteiger partial charge in [-0.3, -0.25) is 4.98 Å². The molecule has 2 aromatic rings. The van der Waals surface area contributed by atoms with Gasteiger partial charge in [0.05, 0.1) is 11.6 Å². The molecule has 0 spiro atoms. The smallest absolute Gasteiger partial charge is 0.0991 e. The minimum Gasteiger partial charge on any atom is -0.264 e. The molecule has 2 nitrogen and oxygen atoms in total. The van der Waals surface area contributed by atoms with E-state index in [1.165, 1.54) is 0 Å². The normalized spacial score (nSPS) is 9.60. The van der Waals surface area contributed by atoms with Crippen LogP contribution in [0.15, 0.2) is 42.7 Å². The first-order valence-electron chi connectivity index (χ1n) is 4.72. The zero-order valence-corrected chi connectivity index (χ0v) is 8.44. The lowest BCUT2D eigenvalue weighted by molar-refractivity contribution is 1.32. The Hall–Kier alpha value is -2.14. The summed E-state index contributed by atoms with van der Waals surface area (Å²) in [5.41, 5.74) is 3.86. The lowest BCUT2D eigenvalue weighted by Crippen LogP contribution is -1.84. The van der Waals surface area contributed by atoms with Gasteiger partial charge >= 0.3 is 0 Å². The molecular formula is C13H10N2. The molecule has 0 radical (unpaired) electrons. The Labute approximate surface area is 88.8 Å². The lowest BCUT2D eigenvalue weighted by Gasteiger charge is -2.02. The summed E-state index contributed by atoms with van der Waals surface area (Å²) in [4.78, 5) is 4.06. The average molecular weight is 194 g/mol. The number of aromatic nitrogens is 1. The van der Waals surface area contributed by atoms with Gasteiger partial charge in [-0.2, -0.15) is 5.26 Å². The second kappa shape index (κ2) is 3.93. The van der Waals surface area contributed by atoms with Crippen molar-refractivity contribution in [2.24, 2.45) is 0 Å². The number of nitriles is 1. The van der Waals surface area contributed by atoms with Crippen LogP contribution in [0.5, 0.6) is 0 Å². The predicted octanol–water partition coefficient (Wildman–Crippen LogP) is 2.93. The van der Waals surface area contributed by atoms with Crippen LogP contribution in [0, 0.1) is 18.3 Å². The lowest BCUT2D eigenvalue weighted by atomic mass is 10.0. The Morgan fingerprint density at radius 1 is 1.20 bits per heavy atom. The molecule has 0 aliphatic heterocycles. The fourth-order valence-corrected chi connectivity index (χ4v) is 1.55. The van der Waals surface area contributed by atoms with E-state index in [2.05, 4.69) is 17.1 Å². The molecule has 0 fully saturated rings. The highest BCUT2D eigenvalue weighted by molar-refractivity contribution is 5.65. The number of pyridine rings is 1. The van der Waals surface area contributed by atoms with Crippen LogP contribution in [0.3, 0.4) is 0 Å². The molecule has 0 unspecified atom stereocenters. The molecule has 1 aromatic carbocycles. The SMILES string of the molecule is Cc1cc(C#N)cc(-c2cccnc2)c1. The van der Waals surface area contributed by atoms with Crippen molar-refractivity contribution in [1.82, 2.24) is 4.98 Å². The summed E-state index contributed by atoms with van der Waals surface area (Å²) in [5, 5.41) is 8.87. The number of aryl methyl sites for hydroxylation is 1. The summed E-state index contributed by atoms with van der Waals surface area (Å²) in [6.45, 7) is 1.99. The summed E-state index contributed by atoms with van der Waals surface area (Å²) < 4.78 is 0. The Morgan fingerprint density at radius 3 is 2.73 bits per heavy atom. The second-order valence-electron chi connectivity index (χ2n) is 3.44. The summed E-state index contributed by atoms with van der Waals surface area (Å²) in [6.07, 6.45) is 3.54. The zero-order valence-electron chi connectivity index (χ0n) is 8.44. The van der Waals surface area contributed by atoms with Crippen LogP contribution in [0.2, 0.25) is 0 Å². The molecule has 0 aliphatic carbocycles. The number of hydrogen-bond acceptors (Lipinski definition) is 2. The van der Waals surface area contributed by atoms with E-state index in [4.69, 9.17) is 5.26 Å². The van der Waals surface area contributed by atoms with E-state index in [9.17, 15) is 0 Å². The van der Waals surface area contributed by atoms with Crippen LogP contribution in [-0.4, -0.2) is 4.98 Å². The summed E-state index contributed by atoms with van der Waals surface area (Å²) >= 11 is 0. The third kappa shape index (κ3) is 2.03. The van der Waals surface area contributed by atoms with E-state index in [1.54, 1.807) is 12.4 Å². The van der Waals surface area contributed by atoms with Crippen molar-refractivity contribution < 1.29 is 0 Å². The zero-order chi connectivity index (χ0) is 10.7. The Kier molecular flexibility index (Phi) is 2.47. The molecule has 72 valence electrons. The van der Waals surface area contributed by atoms with E-state index < -0.39 is 0 Å². The molecule has 2 rings (SSSR count). The van der Waals surface area contributed by atoms with Crippen molar-refractivity contribution in [3.05, 3.63) is 53.9 Å². The maximum absolute atomic E-state index is 8.87. The van der Waals surface area contributed by atoms with E-state index in [1.807, 2.05) is 31.2 Å². The van der Waals surface area contributed by atoms with Crippen LogP contribution in [0.4, 0.5) is 0 Å². The first-order valence-corrected chi connectivity index (χ1v) is 4.72. The Morgan fingerprint density at radius 2 is 2.07 bits per heavy atom. The number of rotatable bonds is 1. The van der Waals surface area contributed by atoms with Gasteiger partial charge in [0, 0.05) is 18.0 Å². The maximum atomic E-state index is 8.87. The van der Waals surface area contributed by atoms with Crippen molar-refractivity contribution in [3.8, 4) is 17.2 Å². The van der Waals surface area contributed by atoms with Gasteiger partial charge < -0.3 is 0 Å². The molecule has 2 heteroatoms. The minimum atomic E-state index is 0.689. The average Bonchev–Trinajstić information content (AvgIpc) is 2.29. The van der Waals surface area contributed by atoms with Gasteiger partial charge in [0.2, 0.25) is 0 Å². The Bertz CT molecular complexity index is 510. The second-order valence-corrected chi connectivity index (χ2v) is 3.44. The number of benzene rings is 1. The van der Waals surface area contributed by atoms with Gasteiger partial charge in [0.1, 0.15) is 0 Å². The molecule has 0 bridgehead atoms. The van der Waals surface area contributed by atoms with Gasteiger partial charge in [0.25, 0.3) is 0 Å². The highest BCUT2D eigenvalue weighted by Gasteiger charge is 2.00. The number of nitrogens with zero attached hydrogens (tertiary/aromatic N) is 2. The van der Waals surface area contributed by atoms with E-state index in [0.29, 0.717) is 5.56 Å². The van der Waals surface area contributed by atoms with Crippen LogP contribution in [0.1, 0.15) is 11.1 Å². The van der Waals surface area contributed by atoms with Gasteiger partial charge in [-0.15, -0.1) is 0 Å². The van der Waals surface area contributed by atoms with Crippen LogP contribution < -0.4 is 0 Å². The van der Waals surface area contributed by atoms with Gasteiger partial charge in [-0.1, -0.05) is 12.1 Å². The molecule has 0 amide bonds. The van der Waals surface area contributed by atoms with Crippen LogP contribution in [0.25, 0.3) is 11.1 Å². The molecule has 0 saturated heterocycles. The fraction of sp³-hybridized carbons (Fsp3) is 0.0769. The quantitative estimate of drug-likeness (QED) is 0.699. The predicted molar refractivity (Wildman–Crippen MR) is 59.1 cm³/mol. The van der Waals surface area contributed by atoms with Crippen LogP contribution >= 0.6 is 0 Å². The first-order chi connectivity index (χ1) is 7.29. The third-order valence-electron chi connectivity index (χ3n) is 2.20. The molecule has 0 N–H and O–H groups in total. The monoisotopic (exact) mass is 194 g/mol. The molecule has 0 atom stereocenters. The largest absolute Gasteiger partial charge is 0.264 e. The van der Waals surface area contributed by atoms with Crippen molar-refractivity contribution >= 4 is 0 Å². The highest BCUT2D eigenvalue weighted by Crippen LogP contribution is 2.20. The highest BCUT2D eigenvalue weighted by atomic mass is 14.6. The topological polar surface area (TPSA) is 36.7 Å².